The first-order chi connectivity index (χ1) is 11.2. The Labute approximate surface area is 139 Å². The number of hydrogen-bond acceptors (Lipinski definition) is 4. The minimum absolute atomic E-state index is 0.0703. The predicted octanol–water partition coefficient (Wildman–Crippen LogP) is 3.37. The van der Waals surface area contributed by atoms with Crippen LogP contribution in [0.15, 0.2) is 34.9 Å². The van der Waals surface area contributed by atoms with Gasteiger partial charge in [-0.15, -0.1) is 0 Å². The van der Waals surface area contributed by atoms with Crippen LogP contribution in [0.25, 0.3) is 11.3 Å². The molecule has 1 aromatic heterocycles. The highest BCUT2D eigenvalue weighted by Gasteiger charge is 2.29. The third kappa shape index (κ3) is 3.57. The molecule has 0 bridgehead atoms. The molecule has 1 amide bonds. The molecule has 1 N–H and O–H groups in total. The highest BCUT2D eigenvalue weighted by atomic mass is 35.5. The zero-order chi connectivity index (χ0) is 16.2. The number of amides is 1. The molecule has 5 nitrogen and oxygen atoms in total. The molecule has 2 heterocycles. The Morgan fingerprint density at radius 2 is 2.26 bits per heavy atom. The van der Waals surface area contributed by atoms with E-state index in [0.717, 1.165) is 24.8 Å². The van der Waals surface area contributed by atoms with E-state index in [4.69, 9.17) is 16.1 Å². The summed E-state index contributed by atoms with van der Waals surface area (Å²) in [6.07, 6.45) is 3.57. The van der Waals surface area contributed by atoms with Crippen molar-refractivity contribution in [1.82, 2.24) is 10.1 Å². The summed E-state index contributed by atoms with van der Waals surface area (Å²) in [6.45, 7) is 0.773. The number of benzene rings is 1. The molecule has 23 heavy (non-hydrogen) atoms. The van der Waals surface area contributed by atoms with Gasteiger partial charge in [0.15, 0.2) is 0 Å². The van der Waals surface area contributed by atoms with E-state index in [9.17, 15) is 9.90 Å². The number of aliphatic hydroxyl groups excluding tert-OH is 1. The van der Waals surface area contributed by atoms with Crippen molar-refractivity contribution in [2.75, 3.05) is 13.2 Å². The zero-order valence-corrected chi connectivity index (χ0v) is 13.5. The summed E-state index contributed by atoms with van der Waals surface area (Å²) < 4.78 is 5.25. The second-order valence-corrected chi connectivity index (χ2v) is 6.18. The van der Waals surface area contributed by atoms with E-state index in [1.165, 1.54) is 0 Å². The van der Waals surface area contributed by atoms with Crippen molar-refractivity contribution in [2.24, 2.45) is 0 Å². The number of carbonyl (C=O) groups excluding carboxylic acids is 1. The molecule has 0 saturated carbocycles. The number of aromatic nitrogens is 1. The third-order valence-electron chi connectivity index (χ3n) is 4.19. The van der Waals surface area contributed by atoms with Gasteiger partial charge in [-0.1, -0.05) is 28.9 Å². The van der Waals surface area contributed by atoms with Crippen LogP contribution in [-0.4, -0.2) is 40.3 Å². The number of halogens is 1. The van der Waals surface area contributed by atoms with E-state index in [1.807, 2.05) is 12.1 Å². The molecule has 0 aliphatic carbocycles. The van der Waals surface area contributed by atoms with Crippen LogP contribution in [0.5, 0.6) is 0 Å². The van der Waals surface area contributed by atoms with Crippen LogP contribution in [0.1, 0.15) is 36.2 Å². The summed E-state index contributed by atoms with van der Waals surface area (Å²) in [5, 5.41) is 13.8. The largest absolute Gasteiger partial charge is 0.396 e. The fraction of sp³-hybridized carbons (Fsp3) is 0.412. The third-order valence-corrected chi connectivity index (χ3v) is 4.43. The molecule has 0 radical (unpaired) electrons. The minimum Gasteiger partial charge on any atom is -0.396 e. The van der Waals surface area contributed by atoms with Gasteiger partial charge in [0, 0.05) is 35.8 Å². The zero-order valence-electron chi connectivity index (χ0n) is 12.7. The Morgan fingerprint density at radius 1 is 1.39 bits per heavy atom. The van der Waals surface area contributed by atoms with Crippen LogP contribution in [0.2, 0.25) is 5.02 Å². The summed E-state index contributed by atoms with van der Waals surface area (Å²) >= 11 is 5.98. The average molecular weight is 335 g/mol. The van der Waals surface area contributed by atoms with Gasteiger partial charge in [-0.25, -0.2) is 0 Å². The maximum atomic E-state index is 12.7. The molecule has 2 aromatic rings. The lowest BCUT2D eigenvalue weighted by molar-refractivity contribution is 0.0533. The highest BCUT2D eigenvalue weighted by molar-refractivity contribution is 6.30. The van der Waals surface area contributed by atoms with Crippen molar-refractivity contribution in [3.8, 4) is 11.3 Å². The van der Waals surface area contributed by atoms with E-state index in [2.05, 4.69) is 5.16 Å². The first kappa shape index (κ1) is 16.0. The van der Waals surface area contributed by atoms with Crippen LogP contribution >= 0.6 is 11.6 Å². The van der Waals surface area contributed by atoms with Gasteiger partial charge < -0.3 is 14.5 Å². The smallest absolute Gasteiger partial charge is 0.292 e. The monoisotopic (exact) mass is 334 g/mol. The molecule has 1 unspecified atom stereocenters. The number of aliphatic hydroxyl groups is 1. The van der Waals surface area contributed by atoms with E-state index in [0.29, 0.717) is 23.7 Å². The van der Waals surface area contributed by atoms with Crippen LogP contribution in [0, 0.1) is 0 Å². The van der Waals surface area contributed by atoms with Gasteiger partial charge in [0.25, 0.3) is 5.91 Å². The van der Waals surface area contributed by atoms with Crippen LogP contribution in [0.4, 0.5) is 0 Å². The Balaban J connectivity index is 1.80. The van der Waals surface area contributed by atoms with Crippen LogP contribution in [-0.2, 0) is 0 Å². The number of rotatable bonds is 4. The Morgan fingerprint density at radius 3 is 3.04 bits per heavy atom. The molecule has 1 aliphatic heterocycles. The summed E-state index contributed by atoms with van der Waals surface area (Å²) in [6, 6.07) is 8.98. The van der Waals surface area contributed by atoms with Crippen molar-refractivity contribution in [3.05, 3.63) is 41.1 Å². The SMILES string of the molecule is O=C(c1cc(-c2cccc(Cl)c2)no1)N1CCCCC1CCO. The quantitative estimate of drug-likeness (QED) is 0.930. The number of hydrogen-bond donors (Lipinski definition) is 1. The number of likely N-dealkylation sites (tertiary alicyclic amines) is 1. The van der Waals surface area contributed by atoms with Gasteiger partial charge in [-0.3, -0.25) is 4.79 Å². The molecule has 0 spiro atoms. The lowest BCUT2D eigenvalue weighted by Gasteiger charge is -2.34. The van der Waals surface area contributed by atoms with Gasteiger partial charge >= 0.3 is 0 Å². The lowest BCUT2D eigenvalue weighted by Crippen LogP contribution is -2.44. The highest BCUT2D eigenvalue weighted by Crippen LogP contribution is 2.25. The second-order valence-electron chi connectivity index (χ2n) is 5.75. The van der Waals surface area contributed by atoms with Crippen LogP contribution in [0.3, 0.4) is 0 Å². The molecule has 1 atom stereocenters. The summed E-state index contributed by atoms with van der Waals surface area (Å²) in [4.78, 5) is 14.5. The van der Waals surface area contributed by atoms with Crippen molar-refractivity contribution in [2.45, 2.75) is 31.7 Å². The van der Waals surface area contributed by atoms with E-state index >= 15 is 0 Å². The van der Waals surface area contributed by atoms with Gasteiger partial charge in [0.05, 0.1) is 0 Å². The van der Waals surface area contributed by atoms with E-state index < -0.39 is 0 Å². The molecule has 1 aliphatic rings. The standard InChI is InChI=1S/C17H19ClN2O3/c18-13-5-3-4-12(10-13)15-11-16(23-19-15)17(22)20-8-2-1-6-14(20)7-9-21/h3-5,10-11,14,21H,1-2,6-9H2. The predicted molar refractivity (Wildman–Crippen MR) is 87.3 cm³/mol. The van der Waals surface area contributed by atoms with E-state index in [-0.39, 0.29) is 24.3 Å². The van der Waals surface area contributed by atoms with Crippen molar-refractivity contribution in [3.63, 3.8) is 0 Å². The normalized spacial score (nSPS) is 18.2. The maximum absolute atomic E-state index is 12.7. The topological polar surface area (TPSA) is 66.6 Å². The summed E-state index contributed by atoms with van der Waals surface area (Å²) in [5.41, 5.74) is 1.40. The molecule has 1 saturated heterocycles. The Hall–Kier alpha value is -1.85. The fourth-order valence-corrected chi connectivity index (χ4v) is 3.21. The van der Waals surface area contributed by atoms with Gasteiger partial charge in [-0.2, -0.15) is 0 Å². The Kier molecular flexibility index (Phi) is 4.98. The molecule has 122 valence electrons. The number of carbonyl (C=O) groups is 1. The first-order valence-electron chi connectivity index (χ1n) is 7.83. The molecular weight excluding hydrogens is 316 g/mol. The number of piperidine rings is 1. The van der Waals surface area contributed by atoms with Crippen LogP contribution < -0.4 is 0 Å². The molecule has 6 heteroatoms. The minimum atomic E-state index is -0.163. The Bertz CT molecular complexity index is 684. The molecule has 1 aromatic carbocycles. The molecule has 3 rings (SSSR count). The summed E-state index contributed by atoms with van der Waals surface area (Å²) in [5.74, 6) is 0.0637. The average Bonchev–Trinajstić information content (AvgIpc) is 3.05. The molecular formula is C17H19ClN2O3. The second kappa shape index (κ2) is 7.15. The van der Waals surface area contributed by atoms with Gasteiger partial charge in [0.1, 0.15) is 5.69 Å². The first-order valence-corrected chi connectivity index (χ1v) is 8.21. The lowest BCUT2D eigenvalue weighted by atomic mass is 9.99. The molecule has 1 fully saturated rings. The van der Waals surface area contributed by atoms with Gasteiger partial charge in [0.2, 0.25) is 5.76 Å². The van der Waals surface area contributed by atoms with E-state index in [1.54, 1.807) is 23.1 Å². The number of nitrogens with zero attached hydrogens (tertiary/aromatic N) is 2. The maximum Gasteiger partial charge on any atom is 0.292 e. The van der Waals surface area contributed by atoms with Crippen molar-refractivity contribution < 1.29 is 14.4 Å². The summed E-state index contributed by atoms with van der Waals surface area (Å²) in [7, 11) is 0. The van der Waals surface area contributed by atoms with Crippen molar-refractivity contribution >= 4 is 17.5 Å². The van der Waals surface area contributed by atoms with Gasteiger partial charge in [-0.05, 0) is 37.8 Å². The van der Waals surface area contributed by atoms with Crippen molar-refractivity contribution in [1.29, 1.82) is 0 Å². The fourth-order valence-electron chi connectivity index (χ4n) is 3.02.